The van der Waals surface area contributed by atoms with Crippen LogP contribution in [-0.2, 0) is 14.4 Å². The predicted octanol–water partition coefficient (Wildman–Crippen LogP) is 3.29. The molecular formula is C26H32N4O3. The Kier molecular flexibility index (Phi) is 6.67. The largest absolute Gasteiger partial charge is 0.368 e. The molecule has 0 aromatic heterocycles. The summed E-state index contributed by atoms with van der Waals surface area (Å²) in [6, 6.07) is 15.7. The third-order valence-electron chi connectivity index (χ3n) is 6.41. The van der Waals surface area contributed by atoms with Gasteiger partial charge >= 0.3 is 0 Å². The first-order chi connectivity index (χ1) is 15.8. The minimum absolute atomic E-state index is 0.0543. The van der Waals surface area contributed by atoms with Crippen LogP contribution in [0.1, 0.15) is 25.8 Å². The second-order valence-electron chi connectivity index (χ2n) is 9.25. The number of nitrogens with zero attached hydrogens (tertiary/aromatic N) is 3. The quantitative estimate of drug-likeness (QED) is 0.762. The maximum absolute atomic E-state index is 13.2. The Morgan fingerprint density at radius 2 is 1.67 bits per heavy atom. The van der Waals surface area contributed by atoms with Crippen molar-refractivity contribution >= 4 is 34.8 Å². The van der Waals surface area contributed by atoms with Crippen molar-refractivity contribution in [3.05, 3.63) is 54.1 Å². The molecule has 1 N–H and O–H groups in total. The van der Waals surface area contributed by atoms with E-state index in [4.69, 9.17) is 0 Å². The van der Waals surface area contributed by atoms with E-state index in [1.165, 1.54) is 11.3 Å². The van der Waals surface area contributed by atoms with Crippen molar-refractivity contribution in [2.75, 3.05) is 47.8 Å². The fourth-order valence-electron chi connectivity index (χ4n) is 4.36. The lowest BCUT2D eigenvalue weighted by molar-refractivity contribution is -0.136. The van der Waals surface area contributed by atoms with Crippen molar-refractivity contribution < 1.29 is 14.4 Å². The lowest BCUT2D eigenvalue weighted by Crippen LogP contribution is -2.50. The molecule has 174 valence electrons. The van der Waals surface area contributed by atoms with E-state index in [1.54, 1.807) is 17.0 Å². The first-order valence-corrected chi connectivity index (χ1v) is 11.6. The summed E-state index contributed by atoms with van der Waals surface area (Å²) < 4.78 is 0. The molecule has 0 saturated carbocycles. The van der Waals surface area contributed by atoms with Gasteiger partial charge in [0.2, 0.25) is 17.7 Å². The van der Waals surface area contributed by atoms with Gasteiger partial charge < -0.3 is 20.0 Å². The second-order valence-corrected chi connectivity index (χ2v) is 9.25. The summed E-state index contributed by atoms with van der Waals surface area (Å²) in [5.41, 5.74) is 3.78. The summed E-state index contributed by atoms with van der Waals surface area (Å²) in [6.45, 7) is 9.01. The van der Waals surface area contributed by atoms with Crippen molar-refractivity contribution in [3.8, 4) is 0 Å². The van der Waals surface area contributed by atoms with Crippen LogP contribution in [0.2, 0.25) is 0 Å². The molecule has 0 bridgehead atoms. The average molecular weight is 449 g/mol. The Labute approximate surface area is 195 Å². The molecule has 0 aliphatic carbocycles. The lowest BCUT2D eigenvalue weighted by Gasteiger charge is -2.37. The summed E-state index contributed by atoms with van der Waals surface area (Å²) in [4.78, 5) is 43.8. The van der Waals surface area contributed by atoms with Gasteiger partial charge in [-0.25, -0.2) is 0 Å². The summed E-state index contributed by atoms with van der Waals surface area (Å²) >= 11 is 0. The highest BCUT2D eigenvalue weighted by Gasteiger charge is 2.38. The van der Waals surface area contributed by atoms with Gasteiger partial charge in [0.1, 0.15) is 0 Å². The number of amides is 3. The Bertz CT molecular complexity index is 1030. The van der Waals surface area contributed by atoms with Gasteiger partial charge in [0.15, 0.2) is 0 Å². The number of carbonyl (C=O) groups excluding carboxylic acids is 3. The van der Waals surface area contributed by atoms with Crippen LogP contribution in [-0.4, -0.2) is 55.3 Å². The molecule has 7 heteroatoms. The number of aryl methyl sites for hydroxylation is 1. The topological polar surface area (TPSA) is 73.0 Å². The Morgan fingerprint density at radius 1 is 0.970 bits per heavy atom. The van der Waals surface area contributed by atoms with Gasteiger partial charge in [-0.05, 0) is 37.3 Å². The minimum Gasteiger partial charge on any atom is -0.368 e. The van der Waals surface area contributed by atoms with Crippen LogP contribution in [0.5, 0.6) is 0 Å². The highest BCUT2D eigenvalue weighted by Crippen LogP contribution is 2.29. The molecule has 2 aliphatic rings. The zero-order valence-electron chi connectivity index (χ0n) is 19.6. The van der Waals surface area contributed by atoms with Gasteiger partial charge in [0.25, 0.3) is 0 Å². The second kappa shape index (κ2) is 9.65. The van der Waals surface area contributed by atoms with Crippen LogP contribution < -0.4 is 15.1 Å². The van der Waals surface area contributed by atoms with Crippen LogP contribution >= 0.6 is 0 Å². The molecule has 2 fully saturated rings. The van der Waals surface area contributed by atoms with Crippen LogP contribution in [0.25, 0.3) is 0 Å². The van der Waals surface area contributed by atoms with E-state index >= 15 is 0 Å². The van der Waals surface area contributed by atoms with E-state index in [2.05, 4.69) is 41.4 Å². The molecule has 3 amide bonds. The number of hydrogen-bond donors (Lipinski definition) is 1. The maximum Gasteiger partial charge on any atom is 0.228 e. The monoisotopic (exact) mass is 448 g/mol. The standard InChI is InChI=1S/C26H32N4O3/c1-18(2)25(32)27-21-5-4-6-23(16-21)30-17-20(15-24(30)31)26(33)29-13-11-28(12-14-29)22-9-7-19(3)8-10-22/h4-10,16,18,20H,11-15,17H2,1-3H3,(H,27,32). The van der Waals surface area contributed by atoms with Crippen molar-refractivity contribution in [2.24, 2.45) is 11.8 Å². The highest BCUT2D eigenvalue weighted by atomic mass is 16.2. The SMILES string of the molecule is Cc1ccc(N2CCN(C(=O)C3CC(=O)N(c4cccc(NC(=O)C(C)C)c4)C3)CC2)cc1. The molecule has 1 unspecified atom stereocenters. The molecular weight excluding hydrogens is 416 g/mol. The van der Waals surface area contributed by atoms with E-state index in [-0.39, 0.29) is 36.0 Å². The molecule has 1 atom stereocenters. The van der Waals surface area contributed by atoms with Crippen LogP contribution in [0.4, 0.5) is 17.1 Å². The summed E-state index contributed by atoms with van der Waals surface area (Å²) in [7, 11) is 0. The number of benzene rings is 2. The summed E-state index contributed by atoms with van der Waals surface area (Å²) in [5.74, 6) is -0.539. The molecule has 0 spiro atoms. The Hall–Kier alpha value is -3.35. The third kappa shape index (κ3) is 5.18. The van der Waals surface area contributed by atoms with Gasteiger partial charge in [-0.2, -0.15) is 0 Å². The van der Waals surface area contributed by atoms with Crippen molar-refractivity contribution in [3.63, 3.8) is 0 Å². The van der Waals surface area contributed by atoms with Crippen molar-refractivity contribution in [2.45, 2.75) is 27.2 Å². The van der Waals surface area contributed by atoms with Gasteiger partial charge in [0.05, 0.1) is 5.92 Å². The van der Waals surface area contributed by atoms with E-state index in [9.17, 15) is 14.4 Å². The molecule has 33 heavy (non-hydrogen) atoms. The molecule has 2 saturated heterocycles. The van der Waals surface area contributed by atoms with Gasteiger partial charge in [-0.1, -0.05) is 37.6 Å². The number of piperazine rings is 1. The molecule has 2 heterocycles. The fourth-order valence-corrected chi connectivity index (χ4v) is 4.36. The molecule has 7 nitrogen and oxygen atoms in total. The van der Waals surface area contributed by atoms with Gasteiger partial charge in [0, 0.05) is 62.1 Å². The third-order valence-corrected chi connectivity index (χ3v) is 6.41. The maximum atomic E-state index is 13.2. The Morgan fingerprint density at radius 3 is 2.33 bits per heavy atom. The molecule has 4 rings (SSSR count). The van der Waals surface area contributed by atoms with Crippen LogP contribution in [0.15, 0.2) is 48.5 Å². The van der Waals surface area contributed by atoms with E-state index in [0.29, 0.717) is 31.0 Å². The van der Waals surface area contributed by atoms with Crippen molar-refractivity contribution in [1.82, 2.24) is 4.90 Å². The number of nitrogens with one attached hydrogen (secondary N) is 1. The Balaban J connectivity index is 1.36. The number of rotatable bonds is 5. The zero-order valence-corrected chi connectivity index (χ0v) is 19.6. The molecule has 2 aliphatic heterocycles. The normalized spacial score (nSPS) is 18.7. The number of anilines is 3. The van der Waals surface area contributed by atoms with E-state index in [1.807, 2.05) is 30.9 Å². The highest BCUT2D eigenvalue weighted by molar-refractivity contribution is 6.01. The van der Waals surface area contributed by atoms with E-state index < -0.39 is 0 Å². The predicted molar refractivity (Wildman–Crippen MR) is 130 cm³/mol. The summed E-state index contributed by atoms with van der Waals surface area (Å²) in [6.07, 6.45) is 0.222. The average Bonchev–Trinajstić information content (AvgIpc) is 3.21. The van der Waals surface area contributed by atoms with Gasteiger partial charge in [-0.15, -0.1) is 0 Å². The number of hydrogen-bond acceptors (Lipinski definition) is 4. The fraction of sp³-hybridized carbons (Fsp3) is 0.423. The first-order valence-electron chi connectivity index (χ1n) is 11.6. The minimum atomic E-state index is -0.336. The van der Waals surface area contributed by atoms with Crippen LogP contribution in [0, 0.1) is 18.8 Å². The van der Waals surface area contributed by atoms with Crippen LogP contribution in [0.3, 0.4) is 0 Å². The summed E-state index contributed by atoms with van der Waals surface area (Å²) in [5, 5.41) is 2.87. The zero-order chi connectivity index (χ0) is 23.5. The molecule has 2 aromatic rings. The van der Waals surface area contributed by atoms with Crippen molar-refractivity contribution in [1.29, 1.82) is 0 Å². The van der Waals surface area contributed by atoms with Gasteiger partial charge in [-0.3, -0.25) is 14.4 Å². The lowest BCUT2D eigenvalue weighted by atomic mass is 10.1. The number of carbonyl (C=O) groups is 3. The molecule has 0 radical (unpaired) electrons. The first kappa shape index (κ1) is 22.8. The molecule has 2 aromatic carbocycles. The van der Waals surface area contributed by atoms with E-state index in [0.717, 1.165) is 13.1 Å². The smallest absolute Gasteiger partial charge is 0.228 e.